The van der Waals surface area contributed by atoms with Crippen molar-refractivity contribution >= 4 is 57.4 Å². The first-order valence-corrected chi connectivity index (χ1v) is 32.6. The number of ether oxygens (including phenoxy) is 6. The number of amides is 1. The second-order valence-corrected chi connectivity index (χ2v) is 32.6. The van der Waals surface area contributed by atoms with Crippen LogP contribution in [0.1, 0.15) is 146 Å². The number of hydrogen-bond acceptors (Lipinski definition) is 20. The number of carbonyl (C=O) groups excluding carboxylic acids is 2. The van der Waals surface area contributed by atoms with E-state index in [4.69, 9.17) is 52.5 Å². The van der Waals surface area contributed by atoms with Gasteiger partial charge in [-0.1, -0.05) is 40.7 Å². The van der Waals surface area contributed by atoms with Gasteiger partial charge in [0.2, 0.25) is 0 Å². The van der Waals surface area contributed by atoms with Gasteiger partial charge in [-0.25, -0.2) is 13.1 Å². The van der Waals surface area contributed by atoms with E-state index in [-0.39, 0.29) is 95.0 Å². The van der Waals surface area contributed by atoms with Crippen LogP contribution in [0, 0.1) is 53.3 Å². The number of phenolic OH excluding ortho intramolecular Hbond substituents is 1. The molecule has 0 aliphatic carbocycles. The van der Waals surface area contributed by atoms with Crippen LogP contribution in [0.25, 0.3) is 0 Å². The van der Waals surface area contributed by atoms with Gasteiger partial charge in [0.15, 0.2) is 5.75 Å². The van der Waals surface area contributed by atoms with Crippen LogP contribution < -0.4 is 31.9 Å². The summed E-state index contributed by atoms with van der Waals surface area (Å²) in [5.74, 6) is 4.15. The minimum atomic E-state index is -1.14. The number of phenols is 1. The lowest BCUT2D eigenvalue weighted by atomic mass is 9.79. The summed E-state index contributed by atoms with van der Waals surface area (Å²) in [6.07, 6.45) is 2.73. The third-order valence-corrected chi connectivity index (χ3v) is 19.0. The summed E-state index contributed by atoms with van der Waals surface area (Å²) in [7, 11) is 0.866. The largest absolute Gasteiger partial charge is 0.505 e. The molecule has 6 aliphatic heterocycles. The van der Waals surface area contributed by atoms with Crippen LogP contribution in [0.3, 0.4) is 0 Å². The highest BCUT2D eigenvalue weighted by Crippen LogP contribution is 2.45. The van der Waals surface area contributed by atoms with Gasteiger partial charge < -0.3 is 77.9 Å². The smallest absolute Gasteiger partial charge is 0.257 e. The molecule has 91 heavy (non-hydrogen) atoms. The molecule has 6 saturated heterocycles. The minimum Gasteiger partial charge on any atom is -0.505 e. The van der Waals surface area contributed by atoms with E-state index >= 15 is 0 Å². The number of carbonyl (C=O) groups is 2. The van der Waals surface area contributed by atoms with Crippen molar-refractivity contribution in [3.8, 4) is 5.75 Å². The Bertz CT molecular complexity index is 3370. The Morgan fingerprint density at radius 2 is 1.08 bits per heavy atom. The van der Waals surface area contributed by atoms with E-state index in [1.807, 2.05) is 119 Å². The first-order chi connectivity index (χ1) is 42.3. The zero-order chi connectivity index (χ0) is 67.7. The summed E-state index contributed by atoms with van der Waals surface area (Å²) < 4.78 is 78.2. The predicted octanol–water partition coefficient (Wildman–Crippen LogP) is 8.66. The van der Waals surface area contributed by atoms with E-state index in [1.54, 1.807) is 26.4 Å². The van der Waals surface area contributed by atoms with Crippen LogP contribution in [0.5, 0.6) is 5.75 Å². The fourth-order valence-electron chi connectivity index (χ4n) is 9.23. The number of aromatic hydroxyl groups is 1. The maximum absolute atomic E-state index is 12.4. The molecule has 0 saturated carbocycles. The Balaban J connectivity index is 0.000000190. The van der Waals surface area contributed by atoms with Crippen molar-refractivity contribution in [1.82, 2.24) is 9.62 Å². The van der Waals surface area contributed by atoms with Crippen LogP contribution in [-0.2, 0) is 55.2 Å². The Morgan fingerprint density at radius 1 is 0.637 bits per heavy atom. The zero-order valence-corrected chi connectivity index (χ0v) is 57.7. The number of aryl methyl sites for hydroxylation is 3. The lowest BCUT2D eigenvalue weighted by Gasteiger charge is -2.44. The third-order valence-electron chi connectivity index (χ3n) is 16.1. The standard InChI is InChI=1S/C23H25N3O6.C14H23NO3S.C10H15NO2.C9H17NO2S.C5H10O2.C5H8O2/c1-12-8-9-15(32-12)21(23(2)10-31-11-23)25-17-16(19(28)20(17)29)24-14-7-5-6-13(18(14)27)22(30)26(3)4;1-10-6-7-11(18-10)12(14(5)8-17-9-14)15-19(16)13(2,3)4;1-7-3-4-8(13-7)9(11)10(2)5-12-6-10;1-8(2,3)13(11)10-5-9(4)6-12-7-9;2*1-5(2-6)3-7-4-5/h5-9,21,24-25,27H,10-11H2,1-4H3;6-7,12,15H,8-9H2,1-5H3;3-4,9H,5-6,11H2,1-2H3;5H,6-7H2,1-4H3;6H,2-4H2,1H3;2H,3-4H2,1H3/t21-;12-,19+;9-;13-;;/m0001../s1. The molecule has 9 heterocycles. The molecule has 0 unspecified atom stereocenters. The van der Waals surface area contributed by atoms with E-state index in [0.29, 0.717) is 58.6 Å². The second kappa shape index (κ2) is 30.1. The highest BCUT2D eigenvalue weighted by Gasteiger charge is 2.47. The molecule has 25 heteroatoms. The molecule has 11 rings (SSSR count). The van der Waals surface area contributed by atoms with Crippen molar-refractivity contribution in [1.29, 1.82) is 0 Å². The van der Waals surface area contributed by atoms with Crippen LogP contribution >= 0.6 is 0 Å². The van der Waals surface area contributed by atoms with E-state index < -0.39 is 38.9 Å². The SMILES string of the molecule is CC1(C=N[S@](=O)C(C)(C)C)COC1.CC1(C=O)COC1.CC1(CO)COC1.Cc1ccc([C@H](N)C2(C)COC2)o1.Cc1ccc([C@H](N[S@](=O)C(C)(C)C)C2(C)COC2)o1.Cc1ccc([C@H](Nc2c(Nc3cccc(C(=O)N(C)C)c3O)c(=O)c2=O)C2(C)COC2)o1. The number of aliphatic hydroxyl groups is 1. The molecule has 23 nitrogen and oxygen atoms in total. The summed E-state index contributed by atoms with van der Waals surface area (Å²) in [5.41, 5.74) is 4.70. The van der Waals surface area contributed by atoms with Gasteiger partial charge in [-0.05, 0) is 118 Å². The number of furan rings is 3. The lowest BCUT2D eigenvalue weighted by Crippen LogP contribution is -2.51. The predicted molar refractivity (Wildman–Crippen MR) is 351 cm³/mol. The van der Waals surface area contributed by atoms with Crippen LogP contribution in [0.4, 0.5) is 17.1 Å². The number of nitrogens with one attached hydrogen (secondary N) is 3. The summed E-state index contributed by atoms with van der Waals surface area (Å²) in [4.78, 5) is 48.4. The normalized spacial score (nSPS) is 20.8. The maximum atomic E-state index is 12.4. The molecule has 2 aromatic carbocycles. The van der Waals surface area contributed by atoms with Gasteiger partial charge in [0.1, 0.15) is 63.2 Å². The molecule has 506 valence electrons. The Hall–Kier alpha value is -5.71. The van der Waals surface area contributed by atoms with Crippen LogP contribution in [0.2, 0.25) is 0 Å². The van der Waals surface area contributed by atoms with Crippen molar-refractivity contribution < 1.29 is 69.9 Å². The van der Waals surface area contributed by atoms with E-state index in [0.717, 1.165) is 61.5 Å². The van der Waals surface area contributed by atoms with E-state index in [1.165, 1.54) is 17.0 Å². The zero-order valence-electron chi connectivity index (χ0n) is 56.1. The van der Waals surface area contributed by atoms with Crippen molar-refractivity contribution in [2.24, 2.45) is 42.6 Å². The topological polar surface area (TPSA) is 315 Å². The second-order valence-electron chi connectivity index (χ2n) is 28.7. The molecule has 7 N–H and O–H groups in total. The molecule has 3 aromatic heterocycles. The number of hydrogen-bond donors (Lipinski definition) is 6. The summed E-state index contributed by atoms with van der Waals surface area (Å²) >= 11 is 0. The van der Waals surface area contributed by atoms with E-state index in [2.05, 4.69) is 40.5 Å². The number of nitrogens with zero attached hydrogens (tertiary/aromatic N) is 2. The monoisotopic (exact) mass is 1310 g/mol. The van der Waals surface area contributed by atoms with Crippen LogP contribution in [-0.4, -0.2) is 151 Å². The number of rotatable bonds is 17. The maximum Gasteiger partial charge on any atom is 0.257 e. The molecular formula is C66H98N6O17S2. The van der Waals surface area contributed by atoms with Crippen molar-refractivity contribution in [2.45, 2.75) is 131 Å². The number of para-hydroxylation sites is 1. The molecule has 6 fully saturated rings. The first-order valence-electron chi connectivity index (χ1n) is 30.4. The minimum absolute atomic E-state index is 0.0148. The summed E-state index contributed by atoms with van der Waals surface area (Å²) in [6, 6.07) is 15.5. The van der Waals surface area contributed by atoms with Gasteiger partial charge in [-0.15, -0.1) is 0 Å². The fourth-order valence-corrected chi connectivity index (χ4v) is 10.9. The molecule has 5 atom stereocenters. The average molecular weight is 1310 g/mol. The van der Waals surface area contributed by atoms with Crippen molar-refractivity contribution in [3.63, 3.8) is 0 Å². The fraction of sp³-hybridized carbons (Fsp3) is 0.621. The molecule has 5 aromatic rings. The first kappa shape index (κ1) is 74.3. The number of nitrogens with two attached hydrogens (primary N) is 1. The molecule has 0 bridgehead atoms. The Kier molecular flexibility index (Phi) is 24.6. The Labute approximate surface area is 540 Å². The molecule has 6 aliphatic rings. The van der Waals surface area contributed by atoms with Gasteiger partial charge in [0.25, 0.3) is 16.8 Å². The van der Waals surface area contributed by atoms with E-state index in [9.17, 15) is 32.7 Å². The molecule has 0 spiro atoms. The quantitative estimate of drug-likeness (QED) is 0.0219. The third kappa shape index (κ3) is 19.0. The highest BCUT2D eigenvalue weighted by molar-refractivity contribution is 7.85. The van der Waals surface area contributed by atoms with Gasteiger partial charge in [0, 0.05) is 42.0 Å². The molecule has 1 amide bonds. The molecular weight excluding hydrogens is 1210 g/mol. The lowest BCUT2D eigenvalue weighted by molar-refractivity contribution is -0.141. The number of anilines is 3. The van der Waals surface area contributed by atoms with Crippen LogP contribution in [0.15, 0.2) is 81.8 Å². The number of aldehydes is 1. The average Bonchev–Trinajstić information content (AvgIpc) is 1.92. The highest BCUT2D eigenvalue weighted by atomic mass is 32.2. The van der Waals surface area contributed by atoms with Gasteiger partial charge >= 0.3 is 0 Å². The van der Waals surface area contributed by atoms with Gasteiger partial charge in [-0.3, -0.25) is 14.4 Å². The van der Waals surface area contributed by atoms with Crippen molar-refractivity contribution in [2.75, 3.05) is 111 Å². The number of aliphatic hydroxyl groups excluding tert-OH is 1. The number of benzene rings is 1. The van der Waals surface area contributed by atoms with Crippen molar-refractivity contribution in [3.05, 3.63) is 115 Å². The Morgan fingerprint density at radius 3 is 1.42 bits per heavy atom. The van der Waals surface area contributed by atoms with Gasteiger partial charge in [0.05, 0.1) is 147 Å². The summed E-state index contributed by atoms with van der Waals surface area (Å²) in [5, 5.41) is 25.1. The summed E-state index contributed by atoms with van der Waals surface area (Å²) in [6.45, 7) is 37.5. The molecule has 0 radical (unpaired) electrons. The van der Waals surface area contributed by atoms with Gasteiger partial charge in [-0.2, -0.15) is 4.40 Å².